The number of benzene rings is 2. The van der Waals surface area contributed by atoms with Gasteiger partial charge in [0.25, 0.3) is 0 Å². The van der Waals surface area contributed by atoms with Gasteiger partial charge in [-0.25, -0.2) is 4.39 Å². The van der Waals surface area contributed by atoms with E-state index < -0.39 is 0 Å². The highest BCUT2D eigenvalue weighted by Gasteiger charge is 2.30. The molecule has 0 radical (unpaired) electrons. The number of likely N-dealkylation sites (tertiary alicyclic amines) is 1. The minimum Gasteiger partial charge on any atom is -0.352 e. The Morgan fingerprint density at radius 2 is 1.92 bits per heavy atom. The second-order valence-electron chi connectivity index (χ2n) is 10.7. The van der Waals surface area contributed by atoms with E-state index >= 15 is 0 Å². The normalized spacial score (nSPS) is 21.8. The lowest BCUT2D eigenvalue weighted by molar-refractivity contribution is -0.116. The lowest BCUT2D eigenvalue weighted by Gasteiger charge is -2.38. The Morgan fingerprint density at radius 3 is 2.72 bits per heavy atom. The third-order valence-corrected chi connectivity index (χ3v) is 8.11. The largest absolute Gasteiger partial charge is 0.352 e. The lowest BCUT2D eigenvalue weighted by atomic mass is 9.78. The molecule has 2 atom stereocenters. The van der Waals surface area contributed by atoms with Crippen LogP contribution >= 0.6 is 0 Å². The predicted molar refractivity (Wildman–Crippen MR) is 143 cm³/mol. The van der Waals surface area contributed by atoms with Crippen LogP contribution in [-0.2, 0) is 4.79 Å². The Balaban J connectivity index is 1.11. The van der Waals surface area contributed by atoms with Crippen molar-refractivity contribution in [1.29, 1.82) is 0 Å². The number of aryl methyl sites for hydroxylation is 1. The first kappa shape index (κ1) is 24.7. The minimum absolute atomic E-state index is 0.00620. The van der Waals surface area contributed by atoms with Crippen LogP contribution in [0.1, 0.15) is 61.3 Å². The maximum absolute atomic E-state index is 13.5. The molecule has 0 spiro atoms. The van der Waals surface area contributed by atoms with Gasteiger partial charge >= 0.3 is 0 Å². The van der Waals surface area contributed by atoms with E-state index in [1.165, 1.54) is 43.4 Å². The van der Waals surface area contributed by atoms with E-state index in [1.807, 2.05) is 24.3 Å². The summed E-state index contributed by atoms with van der Waals surface area (Å²) in [6, 6.07) is 13.1. The van der Waals surface area contributed by atoms with Gasteiger partial charge in [0.2, 0.25) is 5.91 Å². The molecule has 1 saturated heterocycles. The van der Waals surface area contributed by atoms with Crippen LogP contribution in [0, 0.1) is 24.6 Å². The van der Waals surface area contributed by atoms with Crippen LogP contribution in [-0.4, -0.2) is 47.2 Å². The monoisotopic (exact) mass is 488 g/mol. The molecule has 2 aromatic carbocycles. The number of amides is 1. The maximum atomic E-state index is 13.5. The van der Waals surface area contributed by atoms with Crippen molar-refractivity contribution in [2.75, 3.05) is 26.2 Å². The molecule has 1 aliphatic heterocycles. The number of halogens is 1. The van der Waals surface area contributed by atoms with E-state index in [-0.39, 0.29) is 11.7 Å². The standard InChI is InChI=1S/C30H37FN4O/c1-21-5-4-6-22(17-21)9-12-29(36)32-19-24-7-2-3-8-25(24)20-35-15-13-23(14-16-35)30-27-11-10-26(31)18-28(27)33-34-30/h4-6,9-12,17-18,23-25H,2-3,7-8,13-16,19-20H2,1H3,(H,32,36)(H,33,34)/b12-9+/t24-,25-/m0/s1. The zero-order chi connectivity index (χ0) is 24.9. The molecule has 36 heavy (non-hydrogen) atoms. The van der Waals surface area contributed by atoms with Gasteiger partial charge in [-0.05, 0) is 81.3 Å². The number of hydrogen-bond acceptors (Lipinski definition) is 3. The van der Waals surface area contributed by atoms with Gasteiger partial charge in [0.15, 0.2) is 0 Å². The summed E-state index contributed by atoms with van der Waals surface area (Å²) in [6.45, 7) is 6.07. The van der Waals surface area contributed by atoms with Crippen molar-refractivity contribution >= 4 is 22.9 Å². The highest BCUT2D eigenvalue weighted by atomic mass is 19.1. The number of nitrogens with zero attached hydrogens (tertiary/aromatic N) is 2. The fourth-order valence-corrected chi connectivity index (χ4v) is 6.08. The van der Waals surface area contributed by atoms with E-state index in [1.54, 1.807) is 6.08 Å². The molecule has 5 rings (SSSR count). The summed E-state index contributed by atoms with van der Waals surface area (Å²) in [5.74, 6) is 1.37. The molecule has 2 aliphatic rings. The molecule has 0 unspecified atom stereocenters. The van der Waals surface area contributed by atoms with E-state index in [0.717, 1.165) is 55.7 Å². The fraction of sp³-hybridized carbons (Fsp3) is 0.467. The molecule has 190 valence electrons. The molecular weight excluding hydrogens is 451 g/mol. The zero-order valence-electron chi connectivity index (χ0n) is 21.2. The Kier molecular flexibility index (Phi) is 7.81. The molecule has 1 aromatic heterocycles. The summed E-state index contributed by atoms with van der Waals surface area (Å²) in [5, 5.41) is 11.7. The van der Waals surface area contributed by atoms with Gasteiger partial charge < -0.3 is 10.2 Å². The molecule has 0 bridgehead atoms. The Hall–Kier alpha value is -2.99. The molecular formula is C30H37FN4O. The summed E-state index contributed by atoms with van der Waals surface area (Å²) >= 11 is 0. The fourth-order valence-electron chi connectivity index (χ4n) is 6.08. The first-order valence-corrected chi connectivity index (χ1v) is 13.4. The smallest absolute Gasteiger partial charge is 0.244 e. The van der Waals surface area contributed by atoms with Gasteiger partial charge in [-0.2, -0.15) is 5.10 Å². The summed E-state index contributed by atoms with van der Waals surface area (Å²) in [6.07, 6.45) is 10.7. The summed E-state index contributed by atoms with van der Waals surface area (Å²) < 4.78 is 13.5. The Labute approximate surface area is 213 Å². The van der Waals surface area contributed by atoms with E-state index in [4.69, 9.17) is 0 Å². The SMILES string of the molecule is Cc1cccc(/C=C/C(=O)NC[C@@H]2CCCC[C@H]2CN2CCC(c3[nH]nc4cc(F)ccc34)CC2)c1. The van der Waals surface area contributed by atoms with Crippen molar-refractivity contribution in [1.82, 2.24) is 20.4 Å². The molecule has 5 nitrogen and oxygen atoms in total. The molecule has 1 aliphatic carbocycles. The quantitative estimate of drug-likeness (QED) is 0.412. The van der Waals surface area contributed by atoms with Crippen LogP contribution in [0.2, 0.25) is 0 Å². The first-order valence-electron chi connectivity index (χ1n) is 13.4. The molecule has 3 aromatic rings. The number of carbonyl (C=O) groups excluding carboxylic acids is 1. The van der Waals surface area contributed by atoms with Crippen LogP contribution in [0.25, 0.3) is 17.0 Å². The Morgan fingerprint density at radius 1 is 1.11 bits per heavy atom. The molecule has 2 heterocycles. The van der Waals surface area contributed by atoms with Crippen LogP contribution in [0.4, 0.5) is 4.39 Å². The number of carbonyl (C=O) groups is 1. The van der Waals surface area contributed by atoms with Gasteiger partial charge in [0, 0.05) is 42.2 Å². The summed E-state index contributed by atoms with van der Waals surface area (Å²) in [7, 11) is 0. The molecule has 1 amide bonds. The number of hydrogen-bond donors (Lipinski definition) is 2. The highest BCUT2D eigenvalue weighted by molar-refractivity contribution is 5.91. The number of aromatic amines is 1. The number of piperidine rings is 1. The molecule has 2 fully saturated rings. The van der Waals surface area contributed by atoms with Crippen molar-refractivity contribution in [3.63, 3.8) is 0 Å². The van der Waals surface area contributed by atoms with E-state index in [0.29, 0.717) is 23.3 Å². The van der Waals surface area contributed by atoms with Crippen LogP contribution in [0.15, 0.2) is 48.5 Å². The van der Waals surface area contributed by atoms with Gasteiger partial charge in [0.05, 0.1) is 5.52 Å². The average Bonchev–Trinajstić information content (AvgIpc) is 3.30. The summed E-state index contributed by atoms with van der Waals surface area (Å²) in [5.41, 5.74) is 4.12. The van der Waals surface area contributed by atoms with Crippen molar-refractivity contribution in [2.24, 2.45) is 11.8 Å². The van der Waals surface area contributed by atoms with E-state index in [9.17, 15) is 9.18 Å². The van der Waals surface area contributed by atoms with E-state index in [2.05, 4.69) is 39.5 Å². The second-order valence-corrected chi connectivity index (χ2v) is 10.7. The zero-order valence-corrected chi connectivity index (χ0v) is 21.2. The maximum Gasteiger partial charge on any atom is 0.244 e. The van der Waals surface area contributed by atoms with Gasteiger partial charge in [0.1, 0.15) is 5.82 Å². The van der Waals surface area contributed by atoms with Crippen LogP contribution in [0.5, 0.6) is 0 Å². The van der Waals surface area contributed by atoms with Crippen LogP contribution < -0.4 is 5.32 Å². The van der Waals surface area contributed by atoms with Crippen molar-refractivity contribution in [3.8, 4) is 0 Å². The van der Waals surface area contributed by atoms with Gasteiger partial charge in [-0.1, -0.05) is 42.7 Å². The van der Waals surface area contributed by atoms with Crippen molar-refractivity contribution in [2.45, 2.75) is 51.4 Å². The van der Waals surface area contributed by atoms with Crippen molar-refractivity contribution in [3.05, 3.63) is 71.2 Å². The Bertz CT molecular complexity index is 1210. The molecule has 2 N–H and O–H groups in total. The van der Waals surface area contributed by atoms with Gasteiger partial charge in [-0.15, -0.1) is 0 Å². The van der Waals surface area contributed by atoms with Gasteiger partial charge in [-0.3, -0.25) is 9.89 Å². The number of H-pyrrole nitrogens is 1. The first-order chi connectivity index (χ1) is 17.5. The topological polar surface area (TPSA) is 61.0 Å². The summed E-state index contributed by atoms with van der Waals surface area (Å²) in [4.78, 5) is 15.1. The second kappa shape index (κ2) is 11.4. The number of nitrogens with one attached hydrogen (secondary N) is 2. The predicted octanol–water partition coefficient (Wildman–Crippen LogP) is 5.83. The van der Waals surface area contributed by atoms with Crippen molar-refractivity contribution < 1.29 is 9.18 Å². The van der Waals surface area contributed by atoms with Crippen LogP contribution in [0.3, 0.4) is 0 Å². The molecule has 6 heteroatoms. The highest BCUT2D eigenvalue weighted by Crippen LogP contribution is 2.34. The lowest BCUT2D eigenvalue weighted by Crippen LogP contribution is -2.42. The average molecular weight is 489 g/mol. The third-order valence-electron chi connectivity index (χ3n) is 8.11. The minimum atomic E-state index is -0.240. The third kappa shape index (κ3) is 6.04. The number of fused-ring (bicyclic) bond motifs is 1. The molecule has 1 saturated carbocycles. The number of rotatable bonds is 7. The number of aromatic nitrogens is 2.